The Morgan fingerprint density at radius 2 is 1.47 bits per heavy atom. The van der Waals surface area contributed by atoms with Gasteiger partial charge in [-0.1, -0.05) is 58.3 Å². The van der Waals surface area contributed by atoms with Crippen molar-refractivity contribution >= 4 is 0 Å². The predicted octanol–water partition coefficient (Wildman–Crippen LogP) is 4.40. The van der Waals surface area contributed by atoms with Crippen LogP contribution in [0.2, 0.25) is 0 Å². The van der Waals surface area contributed by atoms with Crippen LogP contribution in [0.4, 0.5) is 0 Å². The molecule has 2 rings (SSSR count). The fourth-order valence-corrected chi connectivity index (χ4v) is 4.57. The third-order valence-corrected chi connectivity index (χ3v) is 5.70. The molecule has 0 heterocycles. The molecule has 0 aromatic heterocycles. The number of hydrazine groups is 1. The van der Waals surface area contributed by atoms with Gasteiger partial charge in [-0.05, 0) is 43.4 Å². The Morgan fingerprint density at radius 3 is 2.00 bits per heavy atom. The van der Waals surface area contributed by atoms with Gasteiger partial charge in [0.2, 0.25) is 0 Å². The quantitative estimate of drug-likeness (QED) is 0.440. The zero-order chi connectivity index (χ0) is 13.5. The zero-order valence-corrected chi connectivity index (χ0v) is 12.9. The molecule has 1 atom stereocenters. The summed E-state index contributed by atoms with van der Waals surface area (Å²) in [4.78, 5) is 0. The van der Waals surface area contributed by atoms with Crippen molar-refractivity contribution < 1.29 is 0 Å². The van der Waals surface area contributed by atoms with E-state index >= 15 is 0 Å². The van der Waals surface area contributed by atoms with E-state index in [0.717, 1.165) is 17.8 Å². The normalized spacial score (nSPS) is 31.9. The second-order valence-electron chi connectivity index (χ2n) is 7.01. The van der Waals surface area contributed by atoms with Crippen molar-refractivity contribution in [1.29, 1.82) is 0 Å². The van der Waals surface area contributed by atoms with Crippen LogP contribution in [0.5, 0.6) is 0 Å². The highest BCUT2D eigenvalue weighted by atomic mass is 15.2. The monoisotopic (exact) mass is 266 g/mol. The van der Waals surface area contributed by atoms with Crippen molar-refractivity contribution in [2.75, 3.05) is 0 Å². The van der Waals surface area contributed by atoms with Crippen molar-refractivity contribution in [3.8, 4) is 0 Å². The number of rotatable bonds is 5. The molecule has 0 aromatic rings. The van der Waals surface area contributed by atoms with E-state index in [0.29, 0.717) is 6.04 Å². The Bertz CT molecular complexity index is 225. The summed E-state index contributed by atoms with van der Waals surface area (Å²) in [7, 11) is 0. The van der Waals surface area contributed by atoms with E-state index in [1.165, 1.54) is 77.0 Å². The molecule has 0 spiro atoms. The Balaban J connectivity index is 1.84. The molecule has 2 aliphatic carbocycles. The summed E-state index contributed by atoms with van der Waals surface area (Å²) in [5, 5.41) is 0. The minimum atomic E-state index is 0.598. The van der Waals surface area contributed by atoms with Crippen LogP contribution < -0.4 is 11.3 Å². The SMILES string of the molecule is CCCC1CCC(C(NN)C2CCCCCC2)CC1. The lowest BCUT2D eigenvalue weighted by atomic mass is 9.73. The van der Waals surface area contributed by atoms with Gasteiger partial charge in [-0.2, -0.15) is 0 Å². The van der Waals surface area contributed by atoms with Crippen LogP contribution in [-0.4, -0.2) is 6.04 Å². The maximum absolute atomic E-state index is 5.93. The van der Waals surface area contributed by atoms with Gasteiger partial charge in [-0.15, -0.1) is 0 Å². The van der Waals surface area contributed by atoms with Crippen molar-refractivity contribution in [3.63, 3.8) is 0 Å². The average Bonchev–Trinajstić information content (AvgIpc) is 2.71. The molecule has 2 fully saturated rings. The van der Waals surface area contributed by atoms with Gasteiger partial charge in [0.05, 0.1) is 0 Å². The van der Waals surface area contributed by atoms with Gasteiger partial charge < -0.3 is 0 Å². The van der Waals surface area contributed by atoms with E-state index in [-0.39, 0.29) is 0 Å². The van der Waals surface area contributed by atoms with E-state index in [1.807, 2.05) is 0 Å². The van der Waals surface area contributed by atoms with E-state index in [9.17, 15) is 0 Å². The zero-order valence-electron chi connectivity index (χ0n) is 12.9. The molecule has 0 aliphatic heterocycles. The maximum atomic E-state index is 5.93. The first-order chi connectivity index (χ1) is 9.35. The molecule has 3 N–H and O–H groups in total. The maximum Gasteiger partial charge on any atom is 0.0266 e. The molecular formula is C17H34N2. The molecule has 2 heteroatoms. The number of hydrogen-bond donors (Lipinski definition) is 2. The van der Waals surface area contributed by atoms with Crippen LogP contribution in [0.25, 0.3) is 0 Å². The summed E-state index contributed by atoms with van der Waals surface area (Å²) >= 11 is 0. The van der Waals surface area contributed by atoms with Crippen molar-refractivity contribution in [1.82, 2.24) is 5.43 Å². The van der Waals surface area contributed by atoms with Crippen molar-refractivity contribution in [2.24, 2.45) is 23.6 Å². The molecule has 0 radical (unpaired) electrons. The van der Waals surface area contributed by atoms with Gasteiger partial charge in [0.1, 0.15) is 0 Å². The third-order valence-electron chi connectivity index (χ3n) is 5.70. The number of hydrogen-bond acceptors (Lipinski definition) is 2. The van der Waals surface area contributed by atoms with E-state index in [1.54, 1.807) is 0 Å². The van der Waals surface area contributed by atoms with Gasteiger partial charge in [-0.3, -0.25) is 11.3 Å². The van der Waals surface area contributed by atoms with Crippen molar-refractivity contribution in [3.05, 3.63) is 0 Å². The molecule has 1 unspecified atom stereocenters. The highest BCUT2D eigenvalue weighted by Gasteiger charge is 2.31. The lowest BCUT2D eigenvalue weighted by molar-refractivity contribution is 0.164. The minimum Gasteiger partial charge on any atom is -0.271 e. The van der Waals surface area contributed by atoms with Crippen LogP contribution in [0, 0.1) is 17.8 Å². The lowest BCUT2D eigenvalue weighted by Crippen LogP contribution is -2.47. The summed E-state index contributed by atoms with van der Waals surface area (Å²) in [5.41, 5.74) is 3.22. The predicted molar refractivity (Wildman–Crippen MR) is 82.7 cm³/mol. The largest absolute Gasteiger partial charge is 0.271 e. The molecule has 0 bridgehead atoms. The van der Waals surface area contributed by atoms with Gasteiger partial charge in [0.15, 0.2) is 0 Å². The summed E-state index contributed by atoms with van der Waals surface area (Å²) in [6.45, 7) is 2.32. The lowest BCUT2D eigenvalue weighted by Gasteiger charge is -2.37. The smallest absolute Gasteiger partial charge is 0.0266 e. The Labute approximate surface area is 119 Å². The fourth-order valence-electron chi connectivity index (χ4n) is 4.57. The topological polar surface area (TPSA) is 38.0 Å². The molecule has 112 valence electrons. The van der Waals surface area contributed by atoms with Gasteiger partial charge in [-0.25, -0.2) is 0 Å². The molecule has 2 aliphatic rings. The molecule has 2 saturated carbocycles. The summed E-state index contributed by atoms with van der Waals surface area (Å²) in [6.07, 6.45) is 17.1. The average molecular weight is 266 g/mol. The first-order valence-electron chi connectivity index (χ1n) is 8.81. The molecule has 0 amide bonds. The van der Waals surface area contributed by atoms with Crippen LogP contribution in [0.15, 0.2) is 0 Å². The second-order valence-corrected chi connectivity index (χ2v) is 7.01. The Morgan fingerprint density at radius 1 is 0.895 bits per heavy atom. The summed E-state index contributed by atoms with van der Waals surface area (Å²) in [6, 6.07) is 0.598. The van der Waals surface area contributed by atoms with E-state index in [2.05, 4.69) is 12.3 Å². The third kappa shape index (κ3) is 4.46. The van der Waals surface area contributed by atoms with Gasteiger partial charge in [0.25, 0.3) is 0 Å². The molecular weight excluding hydrogens is 232 g/mol. The Hall–Kier alpha value is -0.0800. The fraction of sp³-hybridized carbons (Fsp3) is 1.00. The van der Waals surface area contributed by atoms with Crippen LogP contribution in [0.3, 0.4) is 0 Å². The van der Waals surface area contributed by atoms with E-state index in [4.69, 9.17) is 5.84 Å². The van der Waals surface area contributed by atoms with Crippen LogP contribution in [-0.2, 0) is 0 Å². The first kappa shape index (κ1) is 15.3. The number of nitrogens with two attached hydrogens (primary N) is 1. The molecule has 0 saturated heterocycles. The minimum absolute atomic E-state index is 0.598. The summed E-state index contributed by atoms with van der Waals surface area (Å²) in [5.74, 6) is 8.63. The van der Waals surface area contributed by atoms with Gasteiger partial charge >= 0.3 is 0 Å². The van der Waals surface area contributed by atoms with Gasteiger partial charge in [0, 0.05) is 6.04 Å². The standard InChI is InChI=1S/C17H34N2/c1-2-7-14-10-12-16(13-11-14)17(19-18)15-8-5-3-4-6-9-15/h14-17,19H,2-13,18H2,1H3. The number of nitrogens with one attached hydrogen (secondary N) is 1. The first-order valence-corrected chi connectivity index (χ1v) is 8.81. The molecule has 19 heavy (non-hydrogen) atoms. The van der Waals surface area contributed by atoms with Crippen LogP contribution in [0.1, 0.15) is 84.0 Å². The Kier molecular flexibility index (Phi) is 6.66. The molecule has 2 nitrogen and oxygen atoms in total. The van der Waals surface area contributed by atoms with Crippen LogP contribution >= 0.6 is 0 Å². The van der Waals surface area contributed by atoms with Crippen molar-refractivity contribution in [2.45, 2.75) is 90.0 Å². The van der Waals surface area contributed by atoms with E-state index < -0.39 is 0 Å². The second kappa shape index (κ2) is 8.26. The molecule has 0 aromatic carbocycles. The summed E-state index contributed by atoms with van der Waals surface area (Å²) < 4.78 is 0. The highest BCUT2D eigenvalue weighted by Crippen LogP contribution is 2.37. The highest BCUT2D eigenvalue weighted by molar-refractivity contribution is 4.86.